The van der Waals surface area contributed by atoms with E-state index in [0.717, 1.165) is 23.4 Å². The van der Waals surface area contributed by atoms with Crippen molar-refractivity contribution in [1.29, 1.82) is 0 Å². The van der Waals surface area contributed by atoms with E-state index in [1.807, 2.05) is 18.0 Å². The van der Waals surface area contributed by atoms with Crippen molar-refractivity contribution < 1.29 is 9.84 Å². The Hall–Kier alpha value is -1.22. The van der Waals surface area contributed by atoms with Crippen LogP contribution in [-0.2, 0) is 5.41 Å². The number of benzene rings is 1. The molecule has 3 heteroatoms. The Kier molecular flexibility index (Phi) is 2.82. The highest BCUT2D eigenvalue weighted by Crippen LogP contribution is 2.43. The Labute approximate surface area is 103 Å². The van der Waals surface area contributed by atoms with Crippen LogP contribution in [-0.4, -0.2) is 25.5 Å². The highest BCUT2D eigenvalue weighted by Gasteiger charge is 2.35. The van der Waals surface area contributed by atoms with E-state index in [1.54, 1.807) is 7.11 Å². The number of rotatable bonds is 1. The minimum atomic E-state index is -0.426. The highest BCUT2D eigenvalue weighted by atomic mass is 16.5. The average Bonchev–Trinajstić information content (AvgIpc) is 2.25. The molecule has 94 valence electrons. The number of aliphatic hydroxyl groups excluding tert-OH is 1. The summed E-state index contributed by atoms with van der Waals surface area (Å²) in [5.41, 5.74) is 3.49. The molecule has 0 saturated carbocycles. The molecule has 1 heterocycles. The molecule has 1 unspecified atom stereocenters. The van der Waals surface area contributed by atoms with Gasteiger partial charge in [-0.15, -0.1) is 0 Å². The summed E-state index contributed by atoms with van der Waals surface area (Å²) in [5, 5.41) is 10.1. The van der Waals surface area contributed by atoms with E-state index in [2.05, 4.69) is 26.8 Å². The molecule has 0 amide bonds. The van der Waals surface area contributed by atoms with Crippen molar-refractivity contribution in [3.63, 3.8) is 0 Å². The van der Waals surface area contributed by atoms with Crippen LogP contribution in [0.15, 0.2) is 12.1 Å². The Balaban J connectivity index is 2.62. The van der Waals surface area contributed by atoms with Crippen molar-refractivity contribution in [3.05, 3.63) is 23.3 Å². The minimum Gasteiger partial charge on any atom is -0.496 e. The zero-order valence-corrected chi connectivity index (χ0v) is 11.2. The summed E-state index contributed by atoms with van der Waals surface area (Å²) >= 11 is 0. The summed E-state index contributed by atoms with van der Waals surface area (Å²) < 4.78 is 5.35. The van der Waals surface area contributed by atoms with Gasteiger partial charge in [-0.25, -0.2) is 0 Å². The zero-order chi connectivity index (χ0) is 12.8. The zero-order valence-electron chi connectivity index (χ0n) is 11.2. The molecule has 1 N–H and O–H groups in total. The Morgan fingerprint density at radius 2 is 2.06 bits per heavy atom. The molecule has 0 saturated heterocycles. The van der Waals surface area contributed by atoms with Crippen LogP contribution in [0.4, 0.5) is 5.69 Å². The van der Waals surface area contributed by atoms with E-state index in [-0.39, 0.29) is 5.41 Å². The molecule has 1 aromatic rings. The first-order valence-corrected chi connectivity index (χ1v) is 5.97. The van der Waals surface area contributed by atoms with Crippen molar-refractivity contribution in [1.82, 2.24) is 0 Å². The second kappa shape index (κ2) is 3.91. The number of hydrogen-bond acceptors (Lipinski definition) is 3. The number of ether oxygens (including phenoxy) is 1. The number of fused-ring (bicyclic) bond motifs is 1. The topological polar surface area (TPSA) is 32.7 Å². The third kappa shape index (κ3) is 1.89. The molecule has 3 nitrogen and oxygen atoms in total. The molecule has 17 heavy (non-hydrogen) atoms. The predicted molar refractivity (Wildman–Crippen MR) is 69.8 cm³/mol. The van der Waals surface area contributed by atoms with E-state index >= 15 is 0 Å². The van der Waals surface area contributed by atoms with Gasteiger partial charge in [0.1, 0.15) is 12.0 Å². The fourth-order valence-electron chi connectivity index (χ4n) is 2.60. The van der Waals surface area contributed by atoms with Crippen LogP contribution in [0, 0.1) is 6.92 Å². The lowest BCUT2D eigenvalue weighted by molar-refractivity contribution is 0.130. The van der Waals surface area contributed by atoms with Gasteiger partial charge in [0, 0.05) is 25.2 Å². The first-order valence-electron chi connectivity index (χ1n) is 5.97. The summed E-state index contributed by atoms with van der Waals surface area (Å²) in [4.78, 5) is 1.92. The summed E-state index contributed by atoms with van der Waals surface area (Å²) in [5.74, 6) is 0.875. The number of aryl methyl sites for hydroxylation is 1. The summed E-state index contributed by atoms with van der Waals surface area (Å²) in [6.07, 6.45) is 0.326. The molecule has 0 bridgehead atoms. The molecule has 1 aromatic carbocycles. The van der Waals surface area contributed by atoms with E-state index in [1.165, 1.54) is 5.56 Å². The van der Waals surface area contributed by atoms with Crippen LogP contribution in [0.5, 0.6) is 5.75 Å². The van der Waals surface area contributed by atoms with Gasteiger partial charge in [0.05, 0.1) is 7.11 Å². The summed E-state index contributed by atoms with van der Waals surface area (Å²) in [7, 11) is 3.60. The number of methoxy groups -OCH3 is 1. The van der Waals surface area contributed by atoms with Crippen molar-refractivity contribution in [2.45, 2.75) is 38.8 Å². The van der Waals surface area contributed by atoms with Crippen molar-refractivity contribution >= 4 is 5.69 Å². The number of aliphatic hydroxyl groups is 1. The Bertz CT molecular complexity index is 440. The number of nitrogens with zero attached hydrogens (tertiary/aromatic N) is 1. The third-order valence-corrected chi connectivity index (χ3v) is 3.76. The lowest BCUT2D eigenvalue weighted by Gasteiger charge is -2.42. The van der Waals surface area contributed by atoms with Crippen LogP contribution in [0.1, 0.15) is 31.4 Å². The fraction of sp³-hybridized carbons (Fsp3) is 0.571. The standard InChI is InChI=1S/C14H21NO2/c1-9-6-10-11(7-12(9)17-5)15(4)13(16)8-14(10,2)3/h6-7,13,16H,8H2,1-5H3. The Morgan fingerprint density at radius 1 is 1.41 bits per heavy atom. The van der Waals surface area contributed by atoms with Gasteiger partial charge in [-0.3, -0.25) is 0 Å². The molecule has 1 atom stereocenters. The van der Waals surface area contributed by atoms with E-state index in [9.17, 15) is 5.11 Å². The average molecular weight is 235 g/mol. The van der Waals surface area contributed by atoms with E-state index < -0.39 is 6.23 Å². The van der Waals surface area contributed by atoms with Crippen LogP contribution < -0.4 is 9.64 Å². The molecule has 0 fully saturated rings. The lowest BCUT2D eigenvalue weighted by atomic mass is 9.76. The fourth-order valence-corrected chi connectivity index (χ4v) is 2.60. The number of anilines is 1. The normalized spacial score (nSPS) is 22.2. The summed E-state index contributed by atoms with van der Waals surface area (Å²) in [6, 6.07) is 4.20. The van der Waals surface area contributed by atoms with Crippen molar-refractivity contribution in [3.8, 4) is 5.75 Å². The van der Waals surface area contributed by atoms with Gasteiger partial charge in [0.2, 0.25) is 0 Å². The largest absolute Gasteiger partial charge is 0.496 e. The van der Waals surface area contributed by atoms with Gasteiger partial charge in [-0.1, -0.05) is 13.8 Å². The number of hydrogen-bond donors (Lipinski definition) is 1. The van der Waals surface area contributed by atoms with Gasteiger partial charge in [-0.05, 0) is 29.5 Å². The third-order valence-electron chi connectivity index (χ3n) is 3.76. The maximum absolute atomic E-state index is 10.1. The van der Waals surface area contributed by atoms with E-state index in [0.29, 0.717) is 0 Å². The Morgan fingerprint density at radius 3 is 2.65 bits per heavy atom. The van der Waals surface area contributed by atoms with Gasteiger partial charge in [0.15, 0.2) is 0 Å². The molecule has 0 aromatic heterocycles. The van der Waals surface area contributed by atoms with Crippen LogP contribution >= 0.6 is 0 Å². The second-order valence-corrected chi connectivity index (χ2v) is 5.52. The molecule has 1 aliphatic heterocycles. The van der Waals surface area contributed by atoms with Crippen LogP contribution in [0.25, 0.3) is 0 Å². The SMILES string of the molecule is COc1cc2c(cc1C)C(C)(C)CC(O)N2C. The second-order valence-electron chi connectivity index (χ2n) is 5.52. The van der Waals surface area contributed by atoms with Crippen LogP contribution in [0.2, 0.25) is 0 Å². The predicted octanol–water partition coefficient (Wildman–Crippen LogP) is 2.44. The maximum atomic E-state index is 10.1. The first-order chi connectivity index (χ1) is 7.86. The molecule has 1 aliphatic rings. The van der Waals surface area contributed by atoms with Gasteiger partial charge in [-0.2, -0.15) is 0 Å². The summed E-state index contributed by atoms with van der Waals surface area (Å²) in [6.45, 7) is 6.40. The lowest BCUT2D eigenvalue weighted by Crippen LogP contribution is -2.43. The first kappa shape index (κ1) is 12.2. The van der Waals surface area contributed by atoms with E-state index in [4.69, 9.17) is 4.74 Å². The van der Waals surface area contributed by atoms with Gasteiger partial charge >= 0.3 is 0 Å². The van der Waals surface area contributed by atoms with Crippen molar-refractivity contribution in [2.75, 3.05) is 19.1 Å². The molecule has 0 aliphatic carbocycles. The molecular weight excluding hydrogens is 214 g/mol. The molecule has 0 spiro atoms. The molecule has 0 radical (unpaired) electrons. The monoisotopic (exact) mass is 235 g/mol. The maximum Gasteiger partial charge on any atom is 0.127 e. The highest BCUT2D eigenvalue weighted by molar-refractivity contribution is 5.63. The van der Waals surface area contributed by atoms with Gasteiger partial charge < -0.3 is 14.7 Å². The smallest absolute Gasteiger partial charge is 0.127 e. The van der Waals surface area contributed by atoms with Crippen LogP contribution in [0.3, 0.4) is 0 Å². The molecule has 2 rings (SSSR count). The quantitative estimate of drug-likeness (QED) is 0.811. The minimum absolute atomic E-state index is 0.00170. The van der Waals surface area contributed by atoms with Gasteiger partial charge in [0.25, 0.3) is 0 Å². The van der Waals surface area contributed by atoms with Crippen molar-refractivity contribution in [2.24, 2.45) is 0 Å². The molecular formula is C14H21NO2.